The SMILES string of the molecule is COc1nc(/C=C/c2nc3n(n2)CCC[C@H]3c2ccc(F)c(F)c2)ccc1-n1cnc(C)c1. The van der Waals surface area contributed by atoms with Gasteiger partial charge in [0.25, 0.3) is 0 Å². The topological polar surface area (TPSA) is 70.7 Å². The smallest absolute Gasteiger partial charge is 0.238 e. The van der Waals surface area contributed by atoms with Crippen molar-refractivity contribution in [3.8, 4) is 11.6 Å². The minimum absolute atomic E-state index is 0.125. The molecule has 3 aromatic heterocycles. The van der Waals surface area contributed by atoms with E-state index < -0.39 is 11.6 Å². The first kappa shape index (κ1) is 21.0. The second-order valence-electron chi connectivity index (χ2n) is 7.94. The molecule has 0 radical (unpaired) electrons. The van der Waals surface area contributed by atoms with Crippen LogP contribution in [0.5, 0.6) is 5.88 Å². The summed E-state index contributed by atoms with van der Waals surface area (Å²) in [7, 11) is 1.58. The second-order valence-corrected chi connectivity index (χ2v) is 7.94. The highest BCUT2D eigenvalue weighted by molar-refractivity contribution is 5.65. The monoisotopic (exact) mass is 448 g/mol. The van der Waals surface area contributed by atoms with Crippen molar-refractivity contribution in [3.63, 3.8) is 0 Å². The van der Waals surface area contributed by atoms with Crippen LogP contribution in [0.3, 0.4) is 0 Å². The Kier molecular flexibility index (Phi) is 5.45. The fourth-order valence-electron chi connectivity index (χ4n) is 4.08. The van der Waals surface area contributed by atoms with Gasteiger partial charge in [0.2, 0.25) is 5.88 Å². The van der Waals surface area contributed by atoms with Gasteiger partial charge in [-0.2, -0.15) is 5.10 Å². The molecule has 168 valence electrons. The van der Waals surface area contributed by atoms with Crippen LogP contribution in [0, 0.1) is 18.6 Å². The lowest BCUT2D eigenvalue weighted by Gasteiger charge is -2.22. The first-order valence-electron chi connectivity index (χ1n) is 10.7. The van der Waals surface area contributed by atoms with Crippen molar-refractivity contribution in [2.24, 2.45) is 0 Å². The van der Waals surface area contributed by atoms with Crippen LogP contribution >= 0.6 is 0 Å². The molecule has 1 atom stereocenters. The van der Waals surface area contributed by atoms with Crippen molar-refractivity contribution >= 4 is 12.2 Å². The van der Waals surface area contributed by atoms with Gasteiger partial charge in [-0.15, -0.1) is 0 Å². The summed E-state index contributed by atoms with van der Waals surface area (Å²) in [6, 6.07) is 7.82. The minimum Gasteiger partial charge on any atom is -0.479 e. The molecule has 1 aliphatic rings. The van der Waals surface area contributed by atoms with Gasteiger partial charge in [0.05, 0.1) is 24.8 Å². The predicted octanol–water partition coefficient (Wildman–Crippen LogP) is 4.55. The van der Waals surface area contributed by atoms with Crippen LogP contribution in [0.4, 0.5) is 8.78 Å². The predicted molar refractivity (Wildman–Crippen MR) is 119 cm³/mol. The van der Waals surface area contributed by atoms with Gasteiger partial charge in [-0.1, -0.05) is 6.07 Å². The van der Waals surface area contributed by atoms with E-state index in [2.05, 4.69) is 20.1 Å². The molecule has 0 N–H and O–H groups in total. The second kappa shape index (κ2) is 8.57. The highest BCUT2D eigenvalue weighted by Crippen LogP contribution is 2.33. The van der Waals surface area contributed by atoms with Gasteiger partial charge in [0.15, 0.2) is 17.5 Å². The molecule has 0 fully saturated rings. The van der Waals surface area contributed by atoms with Crippen LogP contribution < -0.4 is 4.74 Å². The van der Waals surface area contributed by atoms with Crippen molar-refractivity contribution in [3.05, 3.63) is 83.1 Å². The Labute approximate surface area is 189 Å². The highest BCUT2D eigenvalue weighted by Gasteiger charge is 2.26. The Bertz CT molecular complexity index is 1340. The number of imidazole rings is 1. The molecule has 0 saturated carbocycles. The molecule has 9 heteroatoms. The Morgan fingerprint density at radius 1 is 1.09 bits per heavy atom. The van der Waals surface area contributed by atoms with Crippen molar-refractivity contribution < 1.29 is 13.5 Å². The van der Waals surface area contributed by atoms with Gasteiger partial charge >= 0.3 is 0 Å². The molecule has 0 aliphatic carbocycles. The molecule has 0 amide bonds. The van der Waals surface area contributed by atoms with Crippen molar-refractivity contribution in [2.45, 2.75) is 32.2 Å². The summed E-state index contributed by atoms with van der Waals surface area (Å²) in [6.45, 7) is 2.66. The van der Waals surface area contributed by atoms with Gasteiger partial charge in [-0.3, -0.25) is 0 Å². The summed E-state index contributed by atoms with van der Waals surface area (Å²) >= 11 is 0. The molecule has 0 spiro atoms. The first-order valence-corrected chi connectivity index (χ1v) is 10.7. The number of aryl methyl sites for hydroxylation is 2. The minimum atomic E-state index is -0.850. The standard InChI is InChI=1S/C24H22F2N6O/c1-15-13-31(14-27-15)21-9-6-17(28-24(21)33-2)7-10-22-29-23-18(4-3-11-32(23)30-22)16-5-8-19(25)20(26)12-16/h5-10,12-14,18H,3-4,11H2,1-2H3/b10-7+/t18-/m0/s1. The van der Waals surface area contributed by atoms with E-state index in [-0.39, 0.29) is 5.92 Å². The van der Waals surface area contributed by atoms with Crippen LogP contribution in [-0.2, 0) is 6.54 Å². The van der Waals surface area contributed by atoms with Gasteiger partial charge in [-0.05, 0) is 61.7 Å². The molecule has 0 saturated heterocycles. The molecule has 33 heavy (non-hydrogen) atoms. The fraction of sp³-hybridized carbons (Fsp3) is 0.250. The van der Waals surface area contributed by atoms with Crippen LogP contribution in [0.2, 0.25) is 0 Å². The van der Waals surface area contributed by atoms with Crippen molar-refractivity contribution in [1.82, 2.24) is 29.3 Å². The molecule has 1 aromatic carbocycles. The lowest BCUT2D eigenvalue weighted by Crippen LogP contribution is -2.18. The van der Waals surface area contributed by atoms with Crippen LogP contribution in [0.1, 0.15) is 47.4 Å². The van der Waals surface area contributed by atoms with E-state index >= 15 is 0 Å². The Morgan fingerprint density at radius 3 is 2.73 bits per heavy atom. The molecule has 4 heterocycles. The third-order valence-corrected chi connectivity index (χ3v) is 5.69. The number of nitrogens with zero attached hydrogens (tertiary/aromatic N) is 6. The zero-order chi connectivity index (χ0) is 22.9. The number of halogens is 2. The Morgan fingerprint density at radius 2 is 1.97 bits per heavy atom. The van der Waals surface area contributed by atoms with E-state index in [1.165, 1.54) is 6.07 Å². The lowest BCUT2D eigenvalue weighted by atomic mass is 9.91. The quantitative estimate of drug-likeness (QED) is 0.448. The highest BCUT2D eigenvalue weighted by atomic mass is 19.2. The van der Waals surface area contributed by atoms with Crippen molar-refractivity contribution in [1.29, 1.82) is 0 Å². The molecule has 5 rings (SSSR count). The molecule has 7 nitrogen and oxygen atoms in total. The largest absolute Gasteiger partial charge is 0.479 e. The average molecular weight is 448 g/mol. The lowest BCUT2D eigenvalue weighted by molar-refractivity contribution is 0.395. The molecule has 0 bridgehead atoms. The molecular formula is C24H22F2N6O. The van der Waals surface area contributed by atoms with Gasteiger partial charge in [0, 0.05) is 18.7 Å². The summed E-state index contributed by atoms with van der Waals surface area (Å²) in [5, 5.41) is 4.57. The van der Waals surface area contributed by atoms with Crippen LogP contribution in [-0.4, -0.2) is 36.4 Å². The fourth-order valence-corrected chi connectivity index (χ4v) is 4.08. The Hall–Kier alpha value is -3.88. The number of methoxy groups -OCH3 is 1. The third kappa shape index (κ3) is 4.13. The van der Waals surface area contributed by atoms with E-state index in [0.29, 0.717) is 23.0 Å². The maximum Gasteiger partial charge on any atom is 0.238 e. The number of rotatable bonds is 5. The maximum atomic E-state index is 13.8. The number of fused-ring (bicyclic) bond motifs is 1. The summed E-state index contributed by atoms with van der Waals surface area (Å²) in [6.07, 6.45) is 8.92. The normalized spacial score (nSPS) is 15.7. The molecule has 4 aromatic rings. The van der Waals surface area contributed by atoms with Crippen LogP contribution in [0.25, 0.3) is 17.8 Å². The van der Waals surface area contributed by atoms with Crippen molar-refractivity contribution in [2.75, 3.05) is 7.11 Å². The van der Waals surface area contributed by atoms with E-state index in [0.717, 1.165) is 42.7 Å². The summed E-state index contributed by atoms with van der Waals surface area (Å²) < 4.78 is 36.3. The average Bonchev–Trinajstić information content (AvgIpc) is 3.45. The molecular weight excluding hydrogens is 426 g/mol. The summed E-state index contributed by atoms with van der Waals surface area (Å²) in [5.74, 6) is -0.0575. The van der Waals surface area contributed by atoms with Gasteiger partial charge in [0.1, 0.15) is 11.5 Å². The Balaban J connectivity index is 1.41. The van der Waals surface area contributed by atoms with E-state index in [9.17, 15) is 8.78 Å². The number of hydrogen-bond acceptors (Lipinski definition) is 5. The number of ether oxygens (including phenoxy) is 1. The third-order valence-electron chi connectivity index (χ3n) is 5.69. The maximum absolute atomic E-state index is 13.8. The summed E-state index contributed by atoms with van der Waals surface area (Å²) in [4.78, 5) is 13.5. The number of benzene rings is 1. The van der Waals surface area contributed by atoms with E-state index in [4.69, 9.17) is 4.74 Å². The zero-order valence-electron chi connectivity index (χ0n) is 18.2. The number of pyridine rings is 1. The van der Waals surface area contributed by atoms with Crippen LogP contribution in [0.15, 0.2) is 42.9 Å². The van der Waals surface area contributed by atoms with E-state index in [1.807, 2.05) is 40.6 Å². The van der Waals surface area contributed by atoms with Gasteiger partial charge in [-0.25, -0.2) is 28.4 Å². The molecule has 1 aliphatic heterocycles. The van der Waals surface area contributed by atoms with E-state index in [1.54, 1.807) is 25.6 Å². The molecule has 0 unspecified atom stereocenters. The summed E-state index contributed by atoms with van der Waals surface area (Å²) in [5.41, 5.74) is 3.09. The zero-order valence-corrected chi connectivity index (χ0v) is 18.2. The number of hydrogen-bond donors (Lipinski definition) is 0. The van der Waals surface area contributed by atoms with Gasteiger partial charge < -0.3 is 9.30 Å². The first-order chi connectivity index (χ1) is 16.0. The number of aromatic nitrogens is 6.